The zero-order chi connectivity index (χ0) is 20.2. The molecule has 2 heterocycles. The van der Waals surface area contributed by atoms with Crippen molar-refractivity contribution in [2.45, 2.75) is 30.7 Å². The van der Waals surface area contributed by atoms with Gasteiger partial charge in [0.25, 0.3) is 0 Å². The first kappa shape index (κ1) is 19.5. The highest BCUT2D eigenvalue weighted by Gasteiger charge is 2.24. The van der Waals surface area contributed by atoms with Crippen molar-refractivity contribution in [3.8, 4) is 22.3 Å². The molecule has 0 fully saturated rings. The third kappa shape index (κ3) is 4.29. The van der Waals surface area contributed by atoms with Crippen LogP contribution in [0.1, 0.15) is 29.7 Å². The number of aromatic nitrogens is 1. The fourth-order valence-electron chi connectivity index (χ4n) is 3.50. The van der Waals surface area contributed by atoms with Gasteiger partial charge in [0.2, 0.25) is 5.91 Å². The number of thioether (sulfide) groups is 1. The SMILES string of the molecule is N#Cc1c(SCC(=O)Nc2ccc(O)cc2)nc2c(c1-c1cccs1)CCCC2. The van der Waals surface area contributed by atoms with Crippen LogP contribution in [0.3, 0.4) is 0 Å². The fourth-order valence-corrected chi connectivity index (χ4v) is 5.11. The molecule has 4 rings (SSSR count). The first-order valence-corrected chi connectivity index (χ1v) is 11.2. The van der Waals surface area contributed by atoms with Crippen molar-refractivity contribution in [1.29, 1.82) is 5.26 Å². The van der Waals surface area contributed by atoms with Crippen LogP contribution in [0.15, 0.2) is 46.8 Å². The van der Waals surface area contributed by atoms with Crippen LogP contribution in [-0.2, 0) is 17.6 Å². The van der Waals surface area contributed by atoms with Gasteiger partial charge in [-0.05, 0) is 67.0 Å². The molecule has 1 aliphatic carbocycles. The minimum atomic E-state index is -0.179. The number of phenolic OH excluding ortho intramolecular Hbond substituents is 1. The minimum absolute atomic E-state index is 0.149. The highest BCUT2D eigenvalue weighted by molar-refractivity contribution is 8.00. The molecule has 0 bridgehead atoms. The van der Waals surface area contributed by atoms with E-state index in [9.17, 15) is 15.2 Å². The zero-order valence-electron chi connectivity index (χ0n) is 15.6. The van der Waals surface area contributed by atoms with E-state index < -0.39 is 0 Å². The number of carbonyl (C=O) groups excluding carboxylic acids is 1. The lowest BCUT2D eigenvalue weighted by atomic mass is 9.89. The molecule has 0 saturated heterocycles. The Hall–Kier alpha value is -2.82. The van der Waals surface area contributed by atoms with Crippen molar-refractivity contribution < 1.29 is 9.90 Å². The van der Waals surface area contributed by atoms with Gasteiger partial charge in [-0.3, -0.25) is 4.79 Å². The Balaban J connectivity index is 1.60. The molecular weight excluding hydrogens is 402 g/mol. The molecule has 0 unspecified atom stereocenters. The maximum Gasteiger partial charge on any atom is 0.234 e. The molecule has 5 nitrogen and oxygen atoms in total. The molecule has 0 atom stereocenters. The Bertz CT molecular complexity index is 1070. The number of carbonyl (C=O) groups is 1. The Labute approximate surface area is 177 Å². The van der Waals surface area contributed by atoms with Gasteiger partial charge in [0.05, 0.1) is 11.3 Å². The number of anilines is 1. The summed E-state index contributed by atoms with van der Waals surface area (Å²) in [4.78, 5) is 18.2. The van der Waals surface area contributed by atoms with E-state index in [4.69, 9.17) is 4.98 Å². The van der Waals surface area contributed by atoms with Gasteiger partial charge in [0, 0.05) is 21.8 Å². The third-order valence-corrected chi connectivity index (χ3v) is 6.67. The maximum atomic E-state index is 12.4. The summed E-state index contributed by atoms with van der Waals surface area (Å²) in [6, 6.07) is 12.7. The molecule has 0 spiro atoms. The maximum absolute atomic E-state index is 12.4. The van der Waals surface area contributed by atoms with Crippen LogP contribution in [0.2, 0.25) is 0 Å². The standard InChI is InChI=1S/C22H19N3O2S2/c23-12-17-21(19-6-3-11-28-19)16-4-1-2-5-18(16)25-22(17)29-13-20(27)24-14-7-9-15(26)10-8-14/h3,6-11,26H,1-2,4-5,13H2,(H,24,27). The molecule has 146 valence electrons. The average Bonchev–Trinajstić information content (AvgIpc) is 3.27. The van der Waals surface area contributed by atoms with E-state index in [0.29, 0.717) is 16.3 Å². The van der Waals surface area contributed by atoms with Gasteiger partial charge in [-0.15, -0.1) is 11.3 Å². The number of hydrogen-bond acceptors (Lipinski definition) is 6. The van der Waals surface area contributed by atoms with Crippen LogP contribution in [0, 0.1) is 11.3 Å². The van der Waals surface area contributed by atoms with Crippen molar-refractivity contribution in [3.63, 3.8) is 0 Å². The van der Waals surface area contributed by atoms with Gasteiger partial charge in [0.1, 0.15) is 16.8 Å². The van der Waals surface area contributed by atoms with Gasteiger partial charge in [-0.1, -0.05) is 17.8 Å². The zero-order valence-corrected chi connectivity index (χ0v) is 17.3. The summed E-state index contributed by atoms with van der Waals surface area (Å²) < 4.78 is 0. The first-order valence-electron chi connectivity index (χ1n) is 9.37. The van der Waals surface area contributed by atoms with E-state index in [2.05, 4.69) is 11.4 Å². The molecule has 0 saturated carbocycles. The van der Waals surface area contributed by atoms with Crippen molar-refractivity contribution in [3.05, 3.63) is 58.6 Å². The smallest absolute Gasteiger partial charge is 0.234 e. The number of benzene rings is 1. The van der Waals surface area contributed by atoms with Gasteiger partial charge < -0.3 is 10.4 Å². The van der Waals surface area contributed by atoms with Crippen LogP contribution in [-0.4, -0.2) is 21.8 Å². The van der Waals surface area contributed by atoms with Crippen molar-refractivity contribution in [2.24, 2.45) is 0 Å². The minimum Gasteiger partial charge on any atom is -0.508 e. The second-order valence-electron chi connectivity index (χ2n) is 6.77. The van der Waals surface area contributed by atoms with Crippen molar-refractivity contribution in [1.82, 2.24) is 4.98 Å². The van der Waals surface area contributed by atoms with E-state index in [-0.39, 0.29) is 17.4 Å². The summed E-state index contributed by atoms with van der Waals surface area (Å²) in [6.45, 7) is 0. The van der Waals surface area contributed by atoms with Crippen LogP contribution < -0.4 is 5.32 Å². The number of pyridine rings is 1. The quantitative estimate of drug-likeness (QED) is 0.447. The molecule has 2 N–H and O–H groups in total. The Kier molecular flexibility index (Phi) is 5.84. The van der Waals surface area contributed by atoms with Crippen molar-refractivity contribution in [2.75, 3.05) is 11.1 Å². The van der Waals surface area contributed by atoms with Gasteiger partial charge in [-0.25, -0.2) is 4.98 Å². The van der Waals surface area contributed by atoms with Crippen molar-refractivity contribution >= 4 is 34.7 Å². The summed E-state index contributed by atoms with van der Waals surface area (Å²) in [5.41, 5.74) is 4.42. The molecule has 3 aromatic rings. The van der Waals surface area contributed by atoms with E-state index in [1.165, 1.54) is 29.5 Å². The van der Waals surface area contributed by atoms with E-state index in [0.717, 1.165) is 41.8 Å². The van der Waals surface area contributed by atoms with Gasteiger partial charge in [0.15, 0.2) is 0 Å². The molecule has 7 heteroatoms. The van der Waals surface area contributed by atoms with Gasteiger partial charge >= 0.3 is 0 Å². The molecule has 0 radical (unpaired) electrons. The van der Waals surface area contributed by atoms with E-state index in [1.54, 1.807) is 23.5 Å². The average molecular weight is 422 g/mol. The number of nitrogens with one attached hydrogen (secondary N) is 1. The fraction of sp³-hybridized carbons (Fsp3) is 0.227. The number of amides is 1. The first-order chi connectivity index (χ1) is 14.2. The third-order valence-electron chi connectivity index (χ3n) is 4.81. The molecule has 1 amide bonds. The summed E-state index contributed by atoms with van der Waals surface area (Å²) in [5.74, 6) is 0.128. The molecular formula is C22H19N3O2S2. The summed E-state index contributed by atoms with van der Waals surface area (Å²) >= 11 is 2.92. The summed E-state index contributed by atoms with van der Waals surface area (Å²) in [5, 5.41) is 24.7. The lowest BCUT2D eigenvalue weighted by molar-refractivity contribution is -0.113. The van der Waals surface area contributed by atoms with Crippen LogP contribution >= 0.6 is 23.1 Å². The van der Waals surface area contributed by atoms with Crippen LogP contribution in [0.4, 0.5) is 5.69 Å². The largest absolute Gasteiger partial charge is 0.508 e. The molecule has 0 aliphatic heterocycles. The predicted octanol–water partition coefficient (Wildman–Crippen LogP) is 5.00. The molecule has 29 heavy (non-hydrogen) atoms. The second kappa shape index (κ2) is 8.68. The van der Waals surface area contributed by atoms with Crippen LogP contribution in [0.5, 0.6) is 5.75 Å². The van der Waals surface area contributed by atoms with Gasteiger partial charge in [-0.2, -0.15) is 5.26 Å². The van der Waals surface area contributed by atoms with E-state index >= 15 is 0 Å². The molecule has 2 aromatic heterocycles. The number of rotatable bonds is 5. The number of nitriles is 1. The number of aryl methyl sites for hydroxylation is 1. The summed E-state index contributed by atoms with van der Waals surface area (Å²) in [6.07, 6.45) is 4.06. The number of aromatic hydroxyl groups is 1. The molecule has 1 aliphatic rings. The summed E-state index contributed by atoms with van der Waals surface area (Å²) in [7, 11) is 0. The lowest BCUT2D eigenvalue weighted by Gasteiger charge is -2.21. The number of fused-ring (bicyclic) bond motifs is 1. The number of nitrogens with zero attached hydrogens (tertiary/aromatic N) is 2. The lowest BCUT2D eigenvalue weighted by Crippen LogP contribution is -2.15. The van der Waals surface area contributed by atoms with Crippen LogP contribution in [0.25, 0.3) is 10.4 Å². The Morgan fingerprint density at radius 2 is 2.03 bits per heavy atom. The number of phenols is 1. The normalized spacial score (nSPS) is 12.8. The predicted molar refractivity (Wildman–Crippen MR) is 116 cm³/mol. The van der Waals surface area contributed by atoms with E-state index in [1.807, 2.05) is 17.5 Å². The Morgan fingerprint density at radius 3 is 2.76 bits per heavy atom. The monoisotopic (exact) mass is 421 g/mol. The number of hydrogen-bond donors (Lipinski definition) is 2. The Morgan fingerprint density at radius 1 is 1.24 bits per heavy atom. The highest BCUT2D eigenvalue weighted by Crippen LogP contribution is 2.39. The number of thiophene rings is 1. The highest BCUT2D eigenvalue weighted by atomic mass is 32.2. The second-order valence-corrected chi connectivity index (χ2v) is 8.68. The molecule has 1 aromatic carbocycles. The topological polar surface area (TPSA) is 86.0 Å².